The monoisotopic (exact) mass is 301 g/mol. The Morgan fingerprint density at radius 1 is 1.17 bits per heavy atom. The molecule has 0 amide bonds. The zero-order valence-electron chi connectivity index (χ0n) is 13.3. The highest BCUT2D eigenvalue weighted by Gasteiger charge is 2.28. The molecule has 1 aliphatic heterocycles. The highest BCUT2D eigenvalue weighted by Crippen LogP contribution is 2.37. The van der Waals surface area contributed by atoms with Crippen LogP contribution in [-0.2, 0) is 11.2 Å². The minimum atomic E-state index is 0.251. The molecule has 0 spiro atoms. The van der Waals surface area contributed by atoms with Gasteiger partial charge in [0.05, 0.1) is 18.2 Å². The van der Waals surface area contributed by atoms with Crippen LogP contribution in [0.5, 0.6) is 0 Å². The number of rotatable bonds is 4. The molecular formula is C21H19NO. The molecule has 2 nitrogen and oxygen atoms in total. The van der Waals surface area contributed by atoms with Crippen molar-refractivity contribution in [3.63, 3.8) is 0 Å². The minimum Gasteiger partial charge on any atom is -0.492 e. The third-order valence-electron chi connectivity index (χ3n) is 4.22. The van der Waals surface area contributed by atoms with Gasteiger partial charge in [-0.3, -0.25) is 0 Å². The third-order valence-corrected chi connectivity index (χ3v) is 4.22. The van der Waals surface area contributed by atoms with Crippen molar-refractivity contribution < 1.29 is 4.74 Å². The fourth-order valence-corrected chi connectivity index (χ4v) is 2.94. The van der Waals surface area contributed by atoms with Crippen molar-refractivity contribution in [3.05, 3.63) is 89.0 Å². The lowest BCUT2D eigenvalue weighted by Gasteiger charge is -2.13. The van der Waals surface area contributed by atoms with Crippen LogP contribution in [0.2, 0.25) is 0 Å². The average Bonchev–Trinajstić information content (AvgIpc) is 3.00. The van der Waals surface area contributed by atoms with E-state index in [0.717, 1.165) is 23.3 Å². The molecule has 2 heteroatoms. The largest absolute Gasteiger partial charge is 0.492 e. The van der Waals surface area contributed by atoms with E-state index in [9.17, 15) is 0 Å². The van der Waals surface area contributed by atoms with Gasteiger partial charge in [-0.2, -0.15) is 5.26 Å². The first kappa shape index (κ1) is 15.1. The van der Waals surface area contributed by atoms with Crippen molar-refractivity contribution >= 4 is 5.76 Å². The average molecular weight is 301 g/mol. The van der Waals surface area contributed by atoms with Crippen molar-refractivity contribution in [3.8, 4) is 6.07 Å². The Labute approximate surface area is 137 Å². The van der Waals surface area contributed by atoms with Crippen molar-refractivity contribution in [2.45, 2.75) is 13.3 Å². The van der Waals surface area contributed by atoms with Gasteiger partial charge in [0.2, 0.25) is 0 Å². The van der Waals surface area contributed by atoms with Gasteiger partial charge in [-0.05, 0) is 36.6 Å². The van der Waals surface area contributed by atoms with Gasteiger partial charge in [-0.25, -0.2) is 0 Å². The van der Waals surface area contributed by atoms with Gasteiger partial charge in [-0.15, -0.1) is 0 Å². The topological polar surface area (TPSA) is 33.0 Å². The first-order valence-electron chi connectivity index (χ1n) is 7.74. The SMILES string of the molecule is C=C(C)C1COC(c2ccccc2)=C1Cc1ccc(C#N)cc1. The van der Waals surface area contributed by atoms with Crippen LogP contribution in [0.15, 0.2) is 72.3 Å². The highest BCUT2D eigenvalue weighted by molar-refractivity contribution is 5.67. The fraction of sp³-hybridized carbons (Fsp3) is 0.190. The molecule has 0 bridgehead atoms. The summed E-state index contributed by atoms with van der Waals surface area (Å²) in [4.78, 5) is 0. The predicted molar refractivity (Wildman–Crippen MR) is 92.5 cm³/mol. The highest BCUT2D eigenvalue weighted by atomic mass is 16.5. The van der Waals surface area contributed by atoms with E-state index in [0.29, 0.717) is 12.2 Å². The summed E-state index contributed by atoms with van der Waals surface area (Å²) in [7, 11) is 0. The molecule has 2 aromatic carbocycles. The smallest absolute Gasteiger partial charge is 0.126 e. The standard InChI is InChI=1S/C21H19NO/c1-15(2)20-14-23-21(18-6-4-3-5-7-18)19(20)12-16-8-10-17(13-22)11-9-16/h3-11,20H,1,12,14H2,2H3. The molecule has 1 aliphatic rings. The summed E-state index contributed by atoms with van der Waals surface area (Å²) in [5.74, 6) is 1.23. The Balaban J connectivity index is 1.98. The Kier molecular flexibility index (Phi) is 4.30. The van der Waals surface area contributed by atoms with Gasteiger partial charge in [0.25, 0.3) is 0 Å². The van der Waals surface area contributed by atoms with E-state index in [2.05, 4.69) is 31.7 Å². The number of hydrogen-bond donors (Lipinski definition) is 0. The lowest BCUT2D eigenvalue weighted by molar-refractivity contribution is 0.282. The van der Waals surface area contributed by atoms with Crippen LogP contribution in [0.3, 0.4) is 0 Å². The van der Waals surface area contributed by atoms with Crippen molar-refractivity contribution in [1.82, 2.24) is 0 Å². The van der Waals surface area contributed by atoms with E-state index in [4.69, 9.17) is 10.00 Å². The number of ether oxygens (including phenoxy) is 1. The second-order valence-corrected chi connectivity index (χ2v) is 5.92. The van der Waals surface area contributed by atoms with E-state index in [1.807, 2.05) is 42.5 Å². The number of benzene rings is 2. The molecule has 3 rings (SSSR count). The normalized spacial score (nSPS) is 16.8. The van der Waals surface area contributed by atoms with E-state index >= 15 is 0 Å². The van der Waals surface area contributed by atoms with Crippen LogP contribution < -0.4 is 0 Å². The second-order valence-electron chi connectivity index (χ2n) is 5.92. The molecule has 1 heterocycles. The van der Waals surface area contributed by atoms with Crippen molar-refractivity contribution in [2.24, 2.45) is 5.92 Å². The quantitative estimate of drug-likeness (QED) is 0.764. The maximum atomic E-state index is 8.93. The van der Waals surface area contributed by atoms with Crippen LogP contribution in [0.1, 0.15) is 23.6 Å². The van der Waals surface area contributed by atoms with E-state index < -0.39 is 0 Å². The molecule has 0 N–H and O–H groups in total. The lowest BCUT2D eigenvalue weighted by Crippen LogP contribution is -2.07. The third kappa shape index (κ3) is 3.19. The van der Waals surface area contributed by atoms with Crippen LogP contribution in [-0.4, -0.2) is 6.61 Å². The fourth-order valence-electron chi connectivity index (χ4n) is 2.94. The lowest BCUT2D eigenvalue weighted by atomic mass is 9.88. The molecule has 0 aliphatic carbocycles. The summed E-state index contributed by atoms with van der Waals surface area (Å²) >= 11 is 0. The first-order chi connectivity index (χ1) is 11.2. The number of hydrogen-bond acceptors (Lipinski definition) is 2. The van der Waals surface area contributed by atoms with Crippen molar-refractivity contribution in [1.29, 1.82) is 5.26 Å². The van der Waals surface area contributed by atoms with E-state index in [1.165, 1.54) is 11.1 Å². The summed E-state index contributed by atoms with van der Waals surface area (Å²) in [6.07, 6.45) is 0.813. The number of nitrogens with zero attached hydrogens (tertiary/aromatic N) is 1. The first-order valence-corrected chi connectivity index (χ1v) is 7.74. The zero-order chi connectivity index (χ0) is 16.2. The molecule has 0 saturated carbocycles. The number of nitriles is 1. The Morgan fingerprint density at radius 2 is 1.87 bits per heavy atom. The molecule has 0 radical (unpaired) electrons. The summed E-state index contributed by atoms with van der Waals surface area (Å²) in [5.41, 5.74) is 5.38. The molecule has 2 aromatic rings. The summed E-state index contributed by atoms with van der Waals surface area (Å²) in [6.45, 7) is 6.84. The zero-order valence-corrected chi connectivity index (χ0v) is 13.3. The maximum absolute atomic E-state index is 8.93. The molecule has 23 heavy (non-hydrogen) atoms. The predicted octanol–water partition coefficient (Wildman–Crippen LogP) is 4.73. The van der Waals surface area contributed by atoms with Crippen LogP contribution in [0.25, 0.3) is 5.76 Å². The molecule has 114 valence electrons. The van der Waals surface area contributed by atoms with Crippen LogP contribution in [0, 0.1) is 17.2 Å². The van der Waals surface area contributed by atoms with Crippen LogP contribution in [0.4, 0.5) is 0 Å². The van der Waals surface area contributed by atoms with Crippen LogP contribution >= 0.6 is 0 Å². The molecule has 0 aromatic heterocycles. The second kappa shape index (κ2) is 6.54. The van der Waals surface area contributed by atoms with Crippen molar-refractivity contribution in [2.75, 3.05) is 6.61 Å². The van der Waals surface area contributed by atoms with E-state index in [-0.39, 0.29) is 5.92 Å². The molecule has 0 saturated heterocycles. The maximum Gasteiger partial charge on any atom is 0.126 e. The molecular weight excluding hydrogens is 282 g/mol. The summed E-state index contributed by atoms with van der Waals surface area (Å²) < 4.78 is 6.01. The molecule has 1 atom stereocenters. The molecule has 0 fully saturated rings. The van der Waals surface area contributed by atoms with E-state index in [1.54, 1.807) is 0 Å². The van der Waals surface area contributed by atoms with Gasteiger partial charge in [0.15, 0.2) is 0 Å². The summed E-state index contributed by atoms with van der Waals surface area (Å²) in [6, 6.07) is 20.1. The summed E-state index contributed by atoms with van der Waals surface area (Å²) in [5, 5.41) is 8.93. The Hall–Kier alpha value is -2.79. The van der Waals surface area contributed by atoms with Gasteiger partial charge in [0, 0.05) is 11.5 Å². The van der Waals surface area contributed by atoms with Gasteiger partial charge < -0.3 is 4.74 Å². The minimum absolute atomic E-state index is 0.251. The van der Waals surface area contributed by atoms with Gasteiger partial charge >= 0.3 is 0 Å². The Bertz CT molecular complexity index is 779. The Morgan fingerprint density at radius 3 is 2.48 bits per heavy atom. The molecule has 1 unspecified atom stereocenters. The van der Waals surface area contributed by atoms with Gasteiger partial charge in [-0.1, -0.05) is 54.6 Å². The van der Waals surface area contributed by atoms with Gasteiger partial charge in [0.1, 0.15) is 5.76 Å².